The number of aliphatic hydroxyl groups is 1. The Balaban J connectivity index is 1.88. The van der Waals surface area contributed by atoms with Gasteiger partial charge in [-0.1, -0.05) is 0 Å². The normalized spacial score (nSPS) is 21.9. The molecule has 0 heterocycles. The van der Waals surface area contributed by atoms with Gasteiger partial charge < -0.3 is 0 Å². The van der Waals surface area contributed by atoms with Crippen LogP contribution < -0.4 is 4.46 Å². The van der Waals surface area contributed by atoms with E-state index in [1.54, 1.807) is 0 Å². The molecule has 1 aromatic carbocycles. The van der Waals surface area contributed by atoms with Crippen molar-refractivity contribution in [3.63, 3.8) is 0 Å². The Hall–Kier alpha value is -1.09. The molecule has 1 aliphatic carbocycles. The number of rotatable bonds is 7. The molecule has 1 saturated carbocycles. The van der Waals surface area contributed by atoms with Crippen LogP contribution in [0.2, 0.25) is 5.32 Å². The standard InChI is InChI=1S/C19H26O3Se/c1-22-19(21)16(12-11-15-7-5-6-10-18(15)20)13-14-23-17-8-3-2-4-9-17/h2-4,8-9,12,15,18,20H,5-7,10-11,13-14H2,1H3. The molecule has 2 atom stereocenters. The average molecular weight is 381 g/mol. The summed E-state index contributed by atoms with van der Waals surface area (Å²) in [7, 11) is 1.44. The molecule has 2 rings (SSSR count). The summed E-state index contributed by atoms with van der Waals surface area (Å²) in [5.74, 6) is 0.0715. The summed E-state index contributed by atoms with van der Waals surface area (Å²) in [6.45, 7) is 0. The molecule has 1 fully saturated rings. The number of ether oxygens (including phenoxy) is 1. The van der Waals surface area contributed by atoms with Gasteiger partial charge in [0.1, 0.15) is 0 Å². The van der Waals surface area contributed by atoms with E-state index in [1.807, 2.05) is 12.1 Å². The van der Waals surface area contributed by atoms with Crippen LogP contribution in [-0.2, 0) is 9.53 Å². The second-order valence-corrected chi connectivity index (χ2v) is 8.43. The quantitative estimate of drug-likeness (QED) is 0.449. The van der Waals surface area contributed by atoms with E-state index in [0.29, 0.717) is 20.9 Å². The molecule has 2 unspecified atom stereocenters. The van der Waals surface area contributed by atoms with Crippen molar-refractivity contribution in [2.45, 2.75) is 49.9 Å². The average Bonchev–Trinajstić information content (AvgIpc) is 2.59. The van der Waals surface area contributed by atoms with Crippen LogP contribution in [0, 0.1) is 5.92 Å². The summed E-state index contributed by atoms with van der Waals surface area (Å²) in [5.41, 5.74) is 0.767. The molecule has 1 N–H and O–H groups in total. The molecular weight excluding hydrogens is 355 g/mol. The van der Waals surface area contributed by atoms with Crippen molar-refractivity contribution >= 4 is 25.4 Å². The Morgan fingerprint density at radius 1 is 1.30 bits per heavy atom. The first-order valence-electron chi connectivity index (χ1n) is 8.34. The molecule has 23 heavy (non-hydrogen) atoms. The van der Waals surface area contributed by atoms with Gasteiger partial charge >= 0.3 is 145 Å². The molecule has 0 aliphatic heterocycles. The van der Waals surface area contributed by atoms with Crippen LogP contribution in [0.3, 0.4) is 0 Å². The SMILES string of the molecule is COC(=O)C(=CCC1CCCCC1O)CC[Se]c1ccccc1. The van der Waals surface area contributed by atoms with Gasteiger partial charge in [-0.25, -0.2) is 0 Å². The van der Waals surface area contributed by atoms with Crippen molar-refractivity contribution < 1.29 is 14.6 Å². The van der Waals surface area contributed by atoms with Gasteiger partial charge in [0.25, 0.3) is 0 Å². The number of benzene rings is 1. The summed E-state index contributed by atoms with van der Waals surface area (Å²) < 4.78 is 6.27. The number of aliphatic hydroxyl groups excluding tert-OH is 1. The molecule has 1 aromatic rings. The van der Waals surface area contributed by atoms with Gasteiger partial charge in [-0.2, -0.15) is 0 Å². The Bertz CT molecular complexity index is 513. The van der Waals surface area contributed by atoms with Crippen LogP contribution in [-0.4, -0.2) is 39.2 Å². The predicted octanol–water partition coefficient (Wildman–Crippen LogP) is 2.87. The number of carbonyl (C=O) groups excluding carboxylic acids is 1. The number of allylic oxidation sites excluding steroid dienone is 1. The van der Waals surface area contributed by atoms with Gasteiger partial charge in [-0.3, -0.25) is 0 Å². The summed E-state index contributed by atoms with van der Waals surface area (Å²) >= 11 is 0.374. The fourth-order valence-electron chi connectivity index (χ4n) is 2.97. The van der Waals surface area contributed by atoms with Crippen LogP contribution in [0.4, 0.5) is 0 Å². The maximum atomic E-state index is 12.0. The summed E-state index contributed by atoms with van der Waals surface area (Å²) in [4.78, 5) is 12.0. The van der Waals surface area contributed by atoms with E-state index in [4.69, 9.17) is 4.74 Å². The maximum absolute atomic E-state index is 12.0. The third kappa shape index (κ3) is 6.14. The Kier molecular flexibility index (Phi) is 7.87. The number of hydrogen-bond acceptors (Lipinski definition) is 3. The molecule has 0 saturated heterocycles. The van der Waals surface area contributed by atoms with Crippen molar-refractivity contribution in [1.29, 1.82) is 0 Å². The first-order chi connectivity index (χ1) is 11.2. The third-order valence-corrected chi connectivity index (χ3v) is 6.49. The van der Waals surface area contributed by atoms with Crippen molar-refractivity contribution in [1.82, 2.24) is 0 Å². The van der Waals surface area contributed by atoms with E-state index in [0.717, 1.165) is 43.0 Å². The summed E-state index contributed by atoms with van der Waals surface area (Å²) in [6.07, 6.45) is 7.57. The van der Waals surface area contributed by atoms with Gasteiger partial charge in [-0.15, -0.1) is 0 Å². The van der Waals surface area contributed by atoms with E-state index in [2.05, 4.69) is 24.3 Å². The van der Waals surface area contributed by atoms with Crippen molar-refractivity contribution in [2.24, 2.45) is 5.92 Å². The van der Waals surface area contributed by atoms with E-state index >= 15 is 0 Å². The number of hydrogen-bond donors (Lipinski definition) is 1. The Morgan fingerprint density at radius 2 is 2.04 bits per heavy atom. The first kappa shape index (κ1) is 18.3. The molecule has 1 aliphatic rings. The number of methoxy groups -OCH3 is 1. The molecule has 0 amide bonds. The second-order valence-electron chi connectivity index (χ2n) is 5.98. The number of esters is 1. The number of carbonyl (C=O) groups is 1. The van der Waals surface area contributed by atoms with Crippen LogP contribution >= 0.6 is 0 Å². The fraction of sp³-hybridized carbons (Fsp3) is 0.526. The topological polar surface area (TPSA) is 46.5 Å². The molecule has 4 heteroatoms. The minimum atomic E-state index is -0.223. The van der Waals surface area contributed by atoms with Crippen molar-refractivity contribution in [3.8, 4) is 0 Å². The van der Waals surface area contributed by atoms with Crippen LogP contribution in [0.1, 0.15) is 38.5 Å². The molecule has 0 radical (unpaired) electrons. The van der Waals surface area contributed by atoms with E-state index < -0.39 is 0 Å². The Labute approximate surface area is 145 Å². The van der Waals surface area contributed by atoms with Gasteiger partial charge in [0, 0.05) is 0 Å². The van der Waals surface area contributed by atoms with Gasteiger partial charge in [0.15, 0.2) is 0 Å². The van der Waals surface area contributed by atoms with Crippen molar-refractivity contribution in [3.05, 3.63) is 42.0 Å². The fourth-order valence-corrected chi connectivity index (χ4v) is 4.87. The molecule has 0 bridgehead atoms. The van der Waals surface area contributed by atoms with E-state index in [1.165, 1.54) is 18.0 Å². The molecule has 126 valence electrons. The first-order valence-corrected chi connectivity index (χ1v) is 10.4. The van der Waals surface area contributed by atoms with Gasteiger partial charge in [0.05, 0.1) is 0 Å². The molecule has 0 aromatic heterocycles. The van der Waals surface area contributed by atoms with E-state index in [9.17, 15) is 9.90 Å². The Morgan fingerprint density at radius 3 is 2.74 bits per heavy atom. The molecular formula is C19H26O3Se. The van der Waals surface area contributed by atoms with Crippen molar-refractivity contribution in [2.75, 3.05) is 7.11 Å². The zero-order valence-electron chi connectivity index (χ0n) is 13.7. The predicted molar refractivity (Wildman–Crippen MR) is 93.9 cm³/mol. The monoisotopic (exact) mass is 382 g/mol. The third-order valence-electron chi connectivity index (χ3n) is 4.37. The molecule has 3 nitrogen and oxygen atoms in total. The summed E-state index contributed by atoms with van der Waals surface area (Å²) in [5, 5.41) is 11.1. The zero-order chi connectivity index (χ0) is 16.5. The minimum absolute atomic E-state index is 0.215. The van der Waals surface area contributed by atoms with E-state index in [-0.39, 0.29) is 12.1 Å². The van der Waals surface area contributed by atoms with Gasteiger partial charge in [0.2, 0.25) is 0 Å². The molecule has 0 spiro atoms. The van der Waals surface area contributed by atoms with Crippen LogP contribution in [0.15, 0.2) is 42.0 Å². The zero-order valence-corrected chi connectivity index (χ0v) is 15.5. The van der Waals surface area contributed by atoms with Crippen LogP contribution in [0.25, 0.3) is 0 Å². The summed E-state index contributed by atoms with van der Waals surface area (Å²) in [6, 6.07) is 10.4. The van der Waals surface area contributed by atoms with Crippen LogP contribution in [0.5, 0.6) is 0 Å². The second kappa shape index (κ2) is 9.92. The van der Waals surface area contributed by atoms with Gasteiger partial charge in [-0.05, 0) is 0 Å².